The molecule has 4 nitrogen and oxygen atoms in total. The molecule has 4 heteroatoms. The van der Waals surface area contributed by atoms with Crippen molar-refractivity contribution in [2.24, 2.45) is 0 Å². The summed E-state index contributed by atoms with van der Waals surface area (Å²) >= 11 is 0. The Hall–Kier alpha value is -2.10. The predicted molar refractivity (Wildman–Crippen MR) is 61.4 cm³/mol. The van der Waals surface area contributed by atoms with Crippen LogP contribution < -0.4 is 0 Å². The number of hydrogen-bond acceptors (Lipinski definition) is 3. The molecule has 86 valence electrons. The summed E-state index contributed by atoms with van der Waals surface area (Å²) in [5, 5.41) is 1.07. The average Bonchev–Trinajstić information content (AvgIpc) is 2.75. The van der Waals surface area contributed by atoms with Crippen molar-refractivity contribution in [1.82, 2.24) is 4.98 Å². The number of nitrogens with one attached hydrogen (secondary N) is 1. The molecule has 1 N–H and O–H groups in total. The van der Waals surface area contributed by atoms with E-state index in [4.69, 9.17) is 0 Å². The van der Waals surface area contributed by atoms with Gasteiger partial charge in [-0.05, 0) is 17.7 Å². The molecule has 1 saturated heterocycles. The molecule has 1 aliphatic rings. The number of aromatic amines is 1. The number of ether oxygens (including phenoxy) is 1. The lowest BCUT2D eigenvalue weighted by atomic mass is 9.89. The highest BCUT2D eigenvalue weighted by Crippen LogP contribution is 2.32. The van der Waals surface area contributed by atoms with E-state index in [1.165, 1.54) is 0 Å². The summed E-state index contributed by atoms with van der Waals surface area (Å²) in [5.74, 6) is -0.930. The lowest BCUT2D eigenvalue weighted by molar-refractivity contribution is -0.163. The number of rotatable bonds is 1. The Labute approximate surface area is 97.6 Å². The van der Waals surface area contributed by atoms with Crippen LogP contribution in [-0.4, -0.2) is 16.9 Å². The van der Waals surface area contributed by atoms with Crippen LogP contribution in [0.25, 0.3) is 10.9 Å². The molecule has 0 radical (unpaired) electrons. The van der Waals surface area contributed by atoms with Crippen molar-refractivity contribution >= 4 is 22.8 Å². The number of cyclic esters (lactones) is 2. The first-order valence-electron chi connectivity index (χ1n) is 5.53. The third kappa shape index (κ3) is 1.71. The molecule has 1 aliphatic heterocycles. The molecule has 0 spiro atoms. The standard InChI is InChI=1S/C13H11NO3/c15-12-6-8(7-13(16)17-12)9-2-1-3-11-10(9)4-5-14-11/h1-5,8,14H,6-7H2. The fraction of sp³-hybridized carbons (Fsp3) is 0.231. The topological polar surface area (TPSA) is 59.2 Å². The van der Waals surface area contributed by atoms with Crippen molar-refractivity contribution < 1.29 is 14.3 Å². The number of carbonyl (C=O) groups is 2. The molecule has 0 atom stereocenters. The van der Waals surface area contributed by atoms with Crippen molar-refractivity contribution in [2.45, 2.75) is 18.8 Å². The first-order chi connectivity index (χ1) is 8.24. The first-order valence-corrected chi connectivity index (χ1v) is 5.53. The van der Waals surface area contributed by atoms with Crippen molar-refractivity contribution in [3.63, 3.8) is 0 Å². The summed E-state index contributed by atoms with van der Waals surface area (Å²) < 4.78 is 4.55. The molecule has 1 aromatic carbocycles. The van der Waals surface area contributed by atoms with Crippen molar-refractivity contribution in [3.05, 3.63) is 36.0 Å². The van der Waals surface area contributed by atoms with Crippen molar-refractivity contribution in [2.75, 3.05) is 0 Å². The quantitative estimate of drug-likeness (QED) is 0.601. The molecule has 0 saturated carbocycles. The zero-order chi connectivity index (χ0) is 11.8. The summed E-state index contributed by atoms with van der Waals surface area (Å²) in [7, 11) is 0. The second kappa shape index (κ2) is 3.73. The van der Waals surface area contributed by atoms with E-state index in [9.17, 15) is 9.59 Å². The van der Waals surface area contributed by atoms with Gasteiger partial charge in [-0.25, -0.2) is 0 Å². The summed E-state index contributed by atoms with van der Waals surface area (Å²) in [5.41, 5.74) is 2.06. The largest absolute Gasteiger partial charge is 0.393 e. The molecule has 2 heterocycles. The van der Waals surface area contributed by atoms with Crippen LogP contribution in [0.15, 0.2) is 30.5 Å². The van der Waals surface area contributed by atoms with Crippen LogP contribution in [0.5, 0.6) is 0 Å². The zero-order valence-electron chi connectivity index (χ0n) is 9.10. The second-order valence-corrected chi connectivity index (χ2v) is 4.24. The minimum absolute atomic E-state index is 0.0664. The van der Waals surface area contributed by atoms with Crippen LogP contribution >= 0.6 is 0 Å². The van der Waals surface area contributed by atoms with Gasteiger partial charge in [-0.1, -0.05) is 12.1 Å². The van der Waals surface area contributed by atoms with E-state index in [-0.39, 0.29) is 18.8 Å². The molecule has 0 aliphatic carbocycles. The Bertz CT molecular complexity index is 583. The number of hydrogen-bond donors (Lipinski definition) is 1. The van der Waals surface area contributed by atoms with Gasteiger partial charge in [0, 0.05) is 23.0 Å². The number of carbonyl (C=O) groups excluding carboxylic acids is 2. The predicted octanol–water partition coefficient (Wildman–Crippen LogP) is 2.12. The van der Waals surface area contributed by atoms with E-state index in [0.29, 0.717) is 0 Å². The maximum absolute atomic E-state index is 11.3. The maximum atomic E-state index is 11.3. The summed E-state index contributed by atoms with van der Waals surface area (Å²) in [4.78, 5) is 25.7. The highest BCUT2D eigenvalue weighted by molar-refractivity contribution is 5.91. The molecule has 2 aromatic rings. The van der Waals surface area contributed by atoms with E-state index >= 15 is 0 Å². The number of esters is 2. The van der Waals surface area contributed by atoms with Crippen LogP contribution in [0.2, 0.25) is 0 Å². The van der Waals surface area contributed by atoms with Crippen LogP contribution in [0.3, 0.4) is 0 Å². The number of benzene rings is 1. The van der Waals surface area contributed by atoms with Gasteiger partial charge >= 0.3 is 11.9 Å². The van der Waals surface area contributed by atoms with E-state index in [0.717, 1.165) is 16.5 Å². The highest BCUT2D eigenvalue weighted by Gasteiger charge is 2.29. The van der Waals surface area contributed by atoms with Gasteiger partial charge in [0.15, 0.2) is 0 Å². The van der Waals surface area contributed by atoms with Crippen LogP contribution in [-0.2, 0) is 14.3 Å². The van der Waals surface area contributed by atoms with Gasteiger partial charge in [0.05, 0.1) is 12.8 Å². The molecule has 1 aromatic heterocycles. The van der Waals surface area contributed by atoms with Crippen molar-refractivity contribution in [3.8, 4) is 0 Å². The fourth-order valence-corrected chi connectivity index (χ4v) is 2.37. The van der Waals surface area contributed by atoms with Gasteiger partial charge in [-0.3, -0.25) is 9.59 Å². The molecule has 1 fully saturated rings. The smallest absolute Gasteiger partial charge is 0.314 e. The van der Waals surface area contributed by atoms with Crippen LogP contribution in [0.4, 0.5) is 0 Å². The van der Waals surface area contributed by atoms with E-state index in [1.54, 1.807) is 0 Å². The third-order valence-corrected chi connectivity index (χ3v) is 3.12. The summed E-state index contributed by atoms with van der Waals surface area (Å²) in [6.45, 7) is 0. The van der Waals surface area contributed by atoms with E-state index < -0.39 is 11.9 Å². The molecular weight excluding hydrogens is 218 g/mol. The van der Waals surface area contributed by atoms with Gasteiger partial charge in [0.1, 0.15) is 0 Å². The monoisotopic (exact) mass is 229 g/mol. The molecule has 0 amide bonds. The van der Waals surface area contributed by atoms with Gasteiger partial charge < -0.3 is 9.72 Å². The summed E-state index contributed by atoms with van der Waals surface area (Å²) in [6, 6.07) is 7.84. The SMILES string of the molecule is O=C1CC(c2cccc3[nH]ccc23)CC(=O)O1. The average molecular weight is 229 g/mol. The molecule has 0 unspecified atom stereocenters. The Morgan fingerprint density at radius 2 is 1.88 bits per heavy atom. The molecule has 17 heavy (non-hydrogen) atoms. The maximum Gasteiger partial charge on any atom is 0.314 e. The number of aromatic nitrogens is 1. The Morgan fingerprint density at radius 1 is 1.12 bits per heavy atom. The van der Waals surface area contributed by atoms with Gasteiger partial charge in [-0.15, -0.1) is 0 Å². The lowest BCUT2D eigenvalue weighted by Gasteiger charge is -2.20. The molecule has 3 rings (SSSR count). The van der Waals surface area contributed by atoms with Gasteiger partial charge in [-0.2, -0.15) is 0 Å². The van der Waals surface area contributed by atoms with Crippen molar-refractivity contribution in [1.29, 1.82) is 0 Å². The first kappa shape index (κ1) is 10.1. The fourth-order valence-electron chi connectivity index (χ4n) is 2.37. The highest BCUT2D eigenvalue weighted by atomic mass is 16.6. The third-order valence-electron chi connectivity index (χ3n) is 3.12. The van der Waals surface area contributed by atoms with Crippen LogP contribution in [0.1, 0.15) is 24.3 Å². The minimum Gasteiger partial charge on any atom is -0.393 e. The molecular formula is C13H11NO3. The normalized spacial score (nSPS) is 17.4. The summed E-state index contributed by atoms with van der Waals surface area (Å²) in [6.07, 6.45) is 2.41. The lowest BCUT2D eigenvalue weighted by Crippen LogP contribution is -2.24. The van der Waals surface area contributed by atoms with Gasteiger partial charge in [0.25, 0.3) is 0 Å². The number of fused-ring (bicyclic) bond motifs is 1. The Kier molecular flexibility index (Phi) is 2.21. The van der Waals surface area contributed by atoms with E-state index in [1.807, 2.05) is 30.5 Å². The Balaban J connectivity index is 2.05. The Morgan fingerprint density at radius 3 is 2.65 bits per heavy atom. The van der Waals surface area contributed by atoms with Crippen LogP contribution in [0, 0.1) is 0 Å². The van der Waals surface area contributed by atoms with Gasteiger partial charge in [0.2, 0.25) is 0 Å². The number of H-pyrrole nitrogens is 1. The zero-order valence-corrected chi connectivity index (χ0v) is 9.10. The minimum atomic E-state index is -0.432. The van der Waals surface area contributed by atoms with E-state index in [2.05, 4.69) is 9.72 Å². The molecule has 0 bridgehead atoms. The second-order valence-electron chi connectivity index (χ2n) is 4.24.